The molecule has 0 atom stereocenters. The molecule has 100 valence electrons. The molecular formula is C15H14N4O. The number of aryl methyl sites for hydroxylation is 1. The van der Waals surface area contributed by atoms with Gasteiger partial charge in [-0.2, -0.15) is 0 Å². The van der Waals surface area contributed by atoms with Gasteiger partial charge in [0.2, 0.25) is 0 Å². The molecule has 0 fully saturated rings. The first-order valence-corrected chi connectivity index (χ1v) is 6.28. The molecule has 0 saturated heterocycles. The molecule has 0 radical (unpaired) electrons. The molecule has 2 aromatic heterocycles. The number of benzene rings is 1. The Bertz CT molecular complexity index is 677. The summed E-state index contributed by atoms with van der Waals surface area (Å²) in [6.07, 6.45) is 3.60. The van der Waals surface area contributed by atoms with Gasteiger partial charge in [-0.3, -0.25) is 4.98 Å². The van der Waals surface area contributed by atoms with Gasteiger partial charge in [0.25, 0.3) is 5.88 Å². The molecule has 0 aliphatic carbocycles. The van der Waals surface area contributed by atoms with E-state index >= 15 is 0 Å². The standard InChI is InChI=1S/C15H14N4O/c1-12-7-8-14(11-16-12)19-10-9-15(17-19)20-18-13-5-3-2-4-6-13/h2-11,18H,1H3. The maximum atomic E-state index is 5.42. The Kier molecular flexibility index (Phi) is 3.33. The number of nitrogens with zero attached hydrogens (tertiary/aromatic N) is 3. The number of nitrogens with one attached hydrogen (secondary N) is 1. The van der Waals surface area contributed by atoms with Crippen LogP contribution in [0.15, 0.2) is 60.9 Å². The van der Waals surface area contributed by atoms with Crippen molar-refractivity contribution in [1.82, 2.24) is 14.8 Å². The van der Waals surface area contributed by atoms with Crippen LogP contribution >= 0.6 is 0 Å². The van der Waals surface area contributed by atoms with Crippen molar-refractivity contribution in [3.8, 4) is 11.6 Å². The summed E-state index contributed by atoms with van der Waals surface area (Å²) in [5.74, 6) is 0.495. The van der Waals surface area contributed by atoms with Crippen molar-refractivity contribution in [3.63, 3.8) is 0 Å². The van der Waals surface area contributed by atoms with Gasteiger partial charge < -0.3 is 4.84 Å². The fourth-order valence-corrected chi connectivity index (χ4v) is 1.72. The van der Waals surface area contributed by atoms with E-state index in [2.05, 4.69) is 15.6 Å². The maximum Gasteiger partial charge on any atom is 0.264 e. The fourth-order valence-electron chi connectivity index (χ4n) is 1.72. The molecule has 20 heavy (non-hydrogen) atoms. The van der Waals surface area contributed by atoms with Crippen LogP contribution in [0.3, 0.4) is 0 Å². The van der Waals surface area contributed by atoms with Crippen molar-refractivity contribution in [3.05, 3.63) is 66.6 Å². The largest absolute Gasteiger partial charge is 0.360 e. The minimum atomic E-state index is 0.495. The molecule has 0 aliphatic heterocycles. The Morgan fingerprint density at radius 3 is 2.65 bits per heavy atom. The summed E-state index contributed by atoms with van der Waals surface area (Å²) in [7, 11) is 0. The van der Waals surface area contributed by atoms with E-state index in [1.807, 2.05) is 55.6 Å². The van der Waals surface area contributed by atoms with Gasteiger partial charge in [-0.25, -0.2) is 10.2 Å². The van der Waals surface area contributed by atoms with E-state index in [-0.39, 0.29) is 0 Å². The molecule has 0 spiro atoms. The summed E-state index contributed by atoms with van der Waals surface area (Å²) in [5.41, 5.74) is 5.59. The minimum absolute atomic E-state index is 0.495. The summed E-state index contributed by atoms with van der Waals surface area (Å²) in [6.45, 7) is 1.95. The zero-order valence-electron chi connectivity index (χ0n) is 11.0. The third-order valence-electron chi connectivity index (χ3n) is 2.77. The third kappa shape index (κ3) is 2.77. The second-order valence-electron chi connectivity index (χ2n) is 4.33. The van der Waals surface area contributed by atoms with Crippen molar-refractivity contribution in [2.24, 2.45) is 0 Å². The van der Waals surface area contributed by atoms with Gasteiger partial charge in [0.05, 0.1) is 17.6 Å². The number of rotatable bonds is 4. The lowest BCUT2D eigenvalue weighted by Gasteiger charge is -2.05. The molecule has 5 nitrogen and oxygen atoms in total. The van der Waals surface area contributed by atoms with Crippen molar-refractivity contribution >= 4 is 5.69 Å². The number of para-hydroxylation sites is 1. The normalized spacial score (nSPS) is 10.2. The van der Waals surface area contributed by atoms with Crippen LogP contribution in [-0.4, -0.2) is 14.8 Å². The molecule has 3 rings (SSSR count). The van der Waals surface area contributed by atoms with Crippen LogP contribution < -0.4 is 10.3 Å². The highest BCUT2D eigenvalue weighted by molar-refractivity contribution is 5.40. The molecule has 0 amide bonds. The lowest BCUT2D eigenvalue weighted by atomic mass is 10.3. The number of aromatic nitrogens is 3. The Hall–Kier alpha value is -2.82. The summed E-state index contributed by atoms with van der Waals surface area (Å²) in [5, 5.41) is 4.32. The summed E-state index contributed by atoms with van der Waals surface area (Å²) < 4.78 is 1.72. The number of anilines is 1. The second kappa shape index (κ2) is 5.44. The van der Waals surface area contributed by atoms with Crippen LogP contribution in [0.1, 0.15) is 5.69 Å². The molecule has 5 heteroatoms. The second-order valence-corrected chi connectivity index (χ2v) is 4.33. The number of pyridine rings is 1. The molecule has 1 aromatic carbocycles. The minimum Gasteiger partial charge on any atom is -0.360 e. The Balaban J connectivity index is 1.69. The average molecular weight is 266 g/mol. The van der Waals surface area contributed by atoms with Crippen LogP contribution in [0.25, 0.3) is 5.69 Å². The molecule has 0 bridgehead atoms. The van der Waals surface area contributed by atoms with Crippen molar-refractivity contribution < 1.29 is 4.84 Å². The average Bonchev–Trinajstić information content (AvgIpc) is 2.96. The monoisotopic (exact) mass is 266 g/mol. The van der Waals surface area contributed by atoms with E-state index in [0.717, 1.165) is 17.1 Å². The Morgan fingerprint density at radius 2 is 1.90 bits per heavy atom. The molecule has 0 aliphatic rings. The quantitative estimate of drug-likeness (QED) is 0.738. The van der Waals surface area contributed by atoms with Crippen LogP contribution in [-0.2, 0) is 0 Å². The van der Waals surface area contributed by atoms with Crippen LogP contribution in [0.2, 0.25) is 0 Å². The summed E-state index contributed by atoms with van der Waals surface area (Å²) >= 11 is 0. The first-order valence-electron chi connectivity index (χ1n) is 6.28. The lowest BCUT2D eigenvalue weighted by Crippen LogP contribution is -2.05. The van der Waals surface area contributed by atoms with Gasteiger partial charge in [0.15, 0.2) is 0 Å². The van der Waals surface area contributed by atoms with E-state index in [0.29, 0.717) is 5.88 Å². The van der Waals surface area contributed by atoms with Gasteiger partial charge in [-0.15, -0.1) is 5.10 Å². The highest BCUT2D eigenvalue weighted by atomic mass is 16.7. The Labute approximate surface area is 116 Å². The predicted molar refractivity (Wildman–Crippen MR) is 76.8 cm³/mol. The van der Waals surface area contributed by atoms with E-state index in [1.165, 1.54) is 0 Å². The summed E-state index contributed by atoms with van der Waals surface area (Å²) in [4.78, 5) is 9.66. The maximum absolute atomic E-state index is 5.42. The van der Waals surface area contributed by atoms with E-state index in [1.54, 1.807) is 16.9 Å². The van der Waals surface area contributed by atoms with Gasteiger partial charge in [0.1, 0.15) is 0 Å². The van der Waals surface area contributed by atoms with Crippen molar-refractivity contribution in [1.29, 1.82) is 0 Å². The fraction of sp³-hybridized carbons (Fsp3) is 0.0667. The Morgan fingerprint density at radius 1 is 1.05 bits per heavy atom. The topological polar surface area (TPSA) is 52.0 Å². The SMILES string of the molecule is Cc1ccc(-n2ccc(ONc3ccccc3)n2)cn1. The van der Waals surface area contributed by atoms with E-state index < -0.39 is 0 Å². The van der Waals surface area contributed by atoms with Gasteiger partial charge in [-0.05, 0) is 31.2 Å². The smallest absolute Gasteiger partial charge is 0.264 e. The van der Waals surface area contributed by atoms with E-state index in [9.17, 15) is 0 Å². The van der Waals surface area contributed by atoms with Crippen molar-refractivity contribution in [2.75, 3.05) is 5.48 Å². The zero-order chi connectivity index (χ0) is 13.8. The molecule has 0 unspecified atom stereocenters. The molecule has 1 N–H and O–H groups in total. The number of hydrogen-bond donors (Lipinski definition) is 1. The van der Waals surface area contributed by atoms with E-state index in [4.69, 9.17) is 4.84 Å². The van der Waals surface area contributed by atoms with Gasteiger partial charge >= 0.3 is 0 Å². The van der Waals surface area contributed by atoms with Crippen LogP contribution in [0.5, 0.6) is 5.88 Å². The molecular weight excluding hydrogens is 252 g/mol. The lowest BCUT2D eigenvalue weighted by molar-refractivity contribution is 0.385. The third-order valence-corrected chi connectivity index (χ3v) is 2.77. The molecule has 0 saturated carbocycles. The first kappa shape index (κ1) is 12.2. The summed E-state index contributed by atoms with van der Waals surface area (Å²) in [6, 6.07) is 15.3. The van der Waals surface area contributed by atoms with Crippen molar-refractivity contribution in [2.45, 2.75) is 6.92 Å². The highest BCUT2D eigenvalue weighted by Crippen LogP contribution is 2.13. The zero-order valence-corrected chi connectivity index (χ0v) is 11.0. The highest BCUT2D eigenvalue weighted by Gasteiger charge is 2.02. The molecule has 2 heterocycles. The predicted octanol–water partition coefficient (Wildman–Crippen LogP) is 2.98. The number of hydrogen-bond acceptors (Lipinski definition) is 4. The molecule has 3 aromatic rings. The van der Waals surface area contributed by atoms with Crippen LogP contribution in [0, 0.1) is 6.92 Å². The van der Waals surface area contributed by atoms with Gasteiger partial charge in [0, 0.05) is 18.0 Å². The van der Waals surface area contributed by atoms with Gasteiger partial charge in [-0.1, -0.05) is 18.2 Å². The first-order chi connectivity index (χ1) is 9.81. The van der Waals surface area contributed by atoms with Crippen LogP contribution in [0.4, 0.5) is 5.69 Å².